The maximum atomic E-state index is 13.8. The summed E-state index contributed by atoms with van der Waals surface area (Å²) < 4.78 is 13.8. The molecule has 0 saturated heterocycles. The second-order valence-electron chi connectivity index (χ2n) is 6.00. The van der Waals surface area contributed by atoms with Crippen molar-refractivity contribution in [3.05, 3.63) is 47.8 Å². The smallest absolute Gasteiger partial charge is 0.250 e. The van der Waals surface area contributed by atoms with Crippen LogP contribution < -0.4 is 16.4 Å². The molecule has 5 nitrogen and oxygen atoms in total. The van der Waals surface area contributed by atoms with Crippen molar-refractivity contribution in [2.45, 2.75) is 25.8 Å². The van der Waals surface area contributed by atoms with Crippen LogP contribution in [0.1, 0.15) is 25.3 Å². The molecule has 2 amide bonds. The van der Waals surface area contributed by atoms with Crippen molar-refractivity contribution in [2.75, 3.05) is 10.6 Å². The number of fused-ring (bicyclic) bond motifs is 3. The number of anilines is 2. The summed E-state index contributed by atoms with van der Waals surface area (Å²) in [5.41, 5.74) is 14.1. The Kier molecular flexibility index (Phi) is 5.15. The number of amides is 2. The normalized spacial score (nSPS) is 17.0. The van der Waals surface area contributed by atoms with Crippen LogP contribution in [0.15, 0.2) is 36.4 Å². The maximum Gasteiger partial charge on any atom is 0.250 e. The molecule has 2 aromatic carbocycles. The van der Waals surface area contributed by atoms with Crippen molar-refractivity contribution in [2.24, 2.45) is 5.73 Å². The van der Waals surface area contributed by atoms with Gasteiger partial charge in [-0.3, -0.25) is 9.59 Å². The van der Waals surface area contributed by atoms with E-state index >= 15 is 0 Å². The lowest BCUT2D eigenvalue weighted by Gasteiger charge is -2.25. The zero-order valence-corrected chi connectivity index (χ0v) is 14.6. The average Bonchev–Trinajstić information content (AvgIpc) is 2.62. The van der Waals surface area contributed by atoms with Crippen LogP contribution in [0.3, 0.4) is 0 Å². The highest BCUT2D eigenvalue weighted by atomic mass is 35.5. The van der Waals surface area contributed by atoms with Gasteiger partial charge in [-0.2, -0.15) is 0 Å². The average molecular weight is 364 g/mol. The molecule has 25 heavy (non-hydrogen) atoms. The Labute approximate surface area is 151 Å². The lowest BCUT2D eigenvalue weighted by molar-refractivity contribution is -0.127. The lowest BCUT2D eigenvalue weighted by atomic mass is 9.91. The largest absolute Gasteiger partial charge is 0.398 e. The minimum Gasteiger partial charge on any atom is -0.398 e. The van der Waals surface area contributed by atoms with Crippen molar-refractivity contribution in [1.29, 1.82) is 0 Å². The van der Waals surface area contributed by atoms with Crippen LogP contribution in [0.5, 0.6) is 0 Å². The molecule has 0 aromatic heterocycles. The molecular weight excluding hydrogens is 345 g/mol. The number of nitrogens with two attached hydrogens (primary N) is 2. The van der Waals surface area contributed by atoms with Crippen LogP contribution in [0, 0.1) is 5.82 Å². The molecule has 7 heteroatoms. The number of rotatable bonds is 1. The molecule has 1 heterocycles. The first-order valence-corrected chi connectivity index (χ1v) is 7.64. The van der Waals surface area contributed by atoms with E-state index in [4.69, 9.17) is 11.5 Å². The lowest BCUT2D eigenvalue weighted by Crippen LogP contribution is -2.46. The fraction of sp³-hybridized carbons (Fsp3) is 0.222. The number of nitrogen functional groups attached to an aromatic ring is 1. The molecule has 1 aliphatic rings. The van der Waals surface area contributed by atoms with Gasteiger partial charge in [-0.25, -0.2) is 9.29 Å². The van der Waals surface area contributed by atoms with Crippen molar-refractivity contribution in [3.8, 4) is 11.1 Å². The molecule has 0 radical (unpaired) electrons. The van der Waals surface area contributed by atoms with Gasteiger partial charge in [0, 0.05) is 11.3 Å². The zero-order valence-electron chi connectivity index (χ0n) is 13.8. The van der Waals surface area contributed by atoms with Crippen molar-refractivity contribution < 1.29 is 14.0 Å². The Balaban J connectivity index is 0.00000225. The molecule has 0 saturated carbocycles. The molecule has 2 aromatic rings. The van der Waals surface area contributed by atoms with Gasteiger partial charge in [0.15, 0.2) is 0 Å². The van der Waals surface area contributed by atoms with Gasteiger partial charge in [-0.1, -0.05) is 12.1 Å². The Morgan fingerprint density at radius 3 is 2.60 bits per heavy atom. The van der Waals surface area contributed by atoms with Gasteiger partial charge in [0.05, 0.1) is 17.6 Å². The minimum absolute atomic E-state index is 0. The summed E-state index contributed by atoms with van der Waals surface area (Å²) in [5, 5.41) is 0. The van der Waals surface area contributed by atoms with E-state index in [-0.39, 0.29) is 12.4 Å². The molecule has 3 rings (SSSR count). The standard InChI is InChI=1S/C18H18FN3O2.ClH/c1-9-12-7-6-11(19)8-13(12)16-14(21)4-3-5-15(16)22(17(9)23)18(24)10(2)20;/h3-10H,20-21H2,1-2H3;1H/t9?,10-;/m0./s1. The number of hydrogen-bond acceptors (Lipinski definition) is 4. The summed E-state index contributed by atoms with van der Waals surface area (Å²) in [5.74, 6) is -1.99. The molecule has 0 spiro atoms. The van der Waals surface area contributed by atoms with Crippen LogP contribution >= 0.6 is 12.4 Å². The van der Waals surface area contributed by atoms with Crippen LogP contribution in [0.2, 0.25) is 0 Å². The first kappa shape index (κ1) is 18.9. The predicted molar refractivity (Wildman–Crippen MR) is 98.1 cm³/mol. The Bertz CT molecular complexity index is 854. The van der Waals surface area contributed by atoms with E-state index in [2.05, 4.69) is 0 Å². The highest BCUT2D eigenvalue weighted by molar-refractivity contribution is 6.22. The molecule has 2 atom stereocenters. The topological polar surface area (TPSA) is 89.4 Å². The summed E-state index contributed by atoms with van der Waals surface area (Å²) in [7, 11) is 0. The molecule has 0 bridgehead atoms. The van der Waals surface area contributed by atoms with Crippen LogP contribution in [0.25, 0.3) is 11.1 Å². The van der Waals surface area contributed by atoms with Crippen molar-refractivity contribution >= 4 is 35.6 Å². The predicted octanol–water partition coefficient (Wildman–Crippen LogP) is 2.82. The van der Waals surface area contributed by atoms with E-state index in [1.807, 2.05) is 0 Å². The number of carbonyl (C=O) groups excluding carboxylic acids is 2. The van der Waals surface area contributed by atoms with E-state index in [1.54, 1.807) is 31.2 Å². The van der Waals surface area contributed by atoms with Gasteiger partial charge < -0.3 is 11.5 Å². The fourth-order valence-corrected chi connectivity index (χ4v) is 3.04. The maximum absolute atomic E-state index is 13.8. The van der Waals surface area contributed by atoms with Gasteiger partial charge in [-0.15, -0.1) is 12.4 Å². The second-order valence-corrected chi connectivity index (χ2v) is 6.00. The van der Waals surface area contributed by atoms with E-state index in [0.717, 1.165) is 4.90 Å². The number of hydrogen-bond donors (Lipinski definition) is 2. The molecule has 0 aliphatic carbocycles. The first-order valence-electron chi connectivity index (χ1n) is 7.64. The third-order valence-corrected chi connectivity index (χ3v) is 4.27. The third-order valence-electron chi connectivity index (χ3n) is 4.27. The Morgan fingerprint density at radius 1 is 1.28 bits per heavy atom. The van der Waals surface area contributed by atoms with E-state index in [1.165, 1.54) is 19.1 Å². The minimum atomic E-state index is -0.853. The third kappa shape index (κ3) is 2.99. The molecule has 1 aliphatic heterocycles. The number of halogens is 2. The Hall–Kier alpha value is -2.44. The van der Waals surface area contributed by atoms with Crippen molar-refractivity contribution in [3.63, 3.8) is 0 Å². The van der Waals surface area contributed by atoms with Gasteiger partial charge in [-0.05, 0) is 49.2 Å². The number of imide groups is 1. The van der Waals surface area contributed by atoms with Crippen molar-refractivity contribution in [1.82, 2.24) is 0 Å². The molecular formula is C18H19ClFN3O2. The first-order chi connectivity index (χ1) is 11.3. The second kappa shape index (κ2) is 6.82. The summed E-state index contributed by atoms with van der Waals surface area (Å²) in [6, 6.07) is 8.27. The summed E-state index contributed by atoms with van der Waals surface area (Å²) in [6.07, 6.45) is 0. The van der Waals surface area contributed by atoms with E-state index in [0.29, 0.717) is 28.1 Å². The van der Waals surface area contributed by atoms with Gasteiger partial charge >= 0.3 is 0 Å². The van der Waals surface area contributed by atoms with Gasteiger partial charge in [0.2, 0.25) is 11.8 Å². The highest BCUT2D eigenvalue weighted by Crippen LogP contribution is 2.44. The monoisotopic (exact) mass is 363 g/mol. The molecule has 132 valence electrons. The quantitative estimate of drug-likeness (QED) is 0.762. The van der Waals surface area contributed by atoms with Gasteiger partial charge in [0.25, 0.3) is 0 Å². The van der Waals surface area contributed by atoms with E-state index in [9.17, 15) is 14.0 Å². The SMILES string of the molecule is CC1C(=O)N(C(=O)[C@H](C)N)c2cccc(N)c2-c2cc(F)ccc21.Cl. The summed E-state index contributed by atoms with van der Waals surface area (Å²) in [6.45, 7) is 3.20. The zero-order chi connectivity index (χ0) is 17.6. The van der Waals surface area contributed by atoms with E-state index < -0.39 is 29.6 Å². The number of carbonyl (C=O) groups is 2. The summed E-state index contributed by atoms with van der Waals surface area (Å²) in [4.78, 5) is 26.6. The Morgan fingerprint density at radius 2 is 1.96 bits per heavy atom. The van der Waals surface area contributed by atoms with Crippen LogP contribution in [-0.2, 0) is 9.59 Å². The van der Waals surface area contributed by atoms with Gasteiger partial charge in [0.1, 0.15) is 5.82 Å². The molecule has 1 unspecified atom stereocenters. The highest BCUT2D eigenvalue weighted by Gasteiger charge is 2.36. The fourth-order valence-electron chi connectivity index (χ4n) is 3.04. The van der Waals surface area contributed by atoms with Crippen LogP contribution in [-0.4, -0.2) is 17.9 Å². The van der Waals surface area contributed by atoms with Crippen LogP contribution in [0.4, 0.5) is 15.8 Å². The number of nitrogens with zero attached hydrogens (tertiary/aromatic N) is 1. The molecule has 4 N–H and O–H groups in total. The molecule has 0 fully saturated rings. The number of benzene rings is 2. The summed E-state index contributed by atoms with van der Waals surface area (Å²) >= 11 is 0.